The molecule has 0 unspecified atom stereocenters. The first-order valence-electron chi connectivity index (χ1n) is 13.5. The molecule has 2 aromatic rings. The number of benzene rings is 2. The minimum absolute atomic E-state index is 0.0222. The van der Waals surface area contributed by atoms with Crippen LogP contribution in [0.3, 0.4) is 0 Å². The molecule has 1 aliphatic rings. The Morgan fingerprint density at radius 3 is 2.54 bits per heavy atom. The van der Waals surface area contributed by atoms with Crippen LogP contribution in [0.1, 0.15) is 68.4 Å². The van der Waals surface area contributed by atoms with Gasteiger partial charge >= 0.3 is 0 Å². The summed E-state index contributed by atoms with van der Waals surface area (Å²) in [6.07, 6.45) is 4.60. The predicted molar refractivity (Wildman–Crippen MR) is 149 cm³/mol. The van der Waals surface area contributed by atoms with Crippen LogP contribution in [0.15, 0.2) is 61.7 Å². The van der Waals surface area contributed by atoms with E-state index in [1.54, 1.807) is 12.2 Å². The zero-order valence-electron chi connectivity index (χ0n) is 22.8. The molecule has 3 N–H and O–H groups in total. The number of aliphatic hydroxyl groups excluding tert-OH is 1. The van der Waals surface area contributed by atoms with E-state index < -0.39 is 23.8 Å². The first-order chi connectivity index (χ1) is 18.7. The van der Waals surface area contributed by atoms with Crippen LogP contribution in [-0.2, 0) is 16.0 Å². The Labute approximate surface area is 230 Å². The molecule has 0 saturated heterocycles. The second kappa shape index (κ2) is 14.9. The van der Waals surface area contributed by atoms with Crippen molar-refractivity contribution in [3.8, 4) is 5.75 Å². The minimum atomic E-state index is -1.02. The molecule has 0 fully saturated rings. The van der Waals surface area contributed by atoms with Crippen LogP contribution in [0, 0.1) is 11.6 Å². The lowest BCUT2D eigenvalue weighted by molar-refractivity contribution is -0.122. The van der Waals surface area contributed by atoms with Crippen LogP contribution >= 0.6 is 0 Å². The van der Waals surface area contributed by atoms with Gasteiger partial charge in [-0.3, -0.25) is 4.79 Å². The van der Waals surface area contributed by atoms with Crippen LogP contribution in [0.2, 0.25) is 0 Å². The summed E-state index contributed by atoms with van der Waals surface area (Å²) < 4.78 is 39.6. The molecule has 0 radical (unpaired) electrons. The molecule has 0 spiro atoms. The Hall–Kier alpha value is -3.07. The van der Waals surface area contributed by atoms with E-state index >= 15 is 0 Å². The molecular formula is C31H40F2N2O4. The number of amides is 1. The molecule has 1 amide bonds. The maximum absolute atomic E-state index is 13.8. The third-order valence-corrected chi connectivity index (χ3v) is 6.59. The van der Waals surface area contributed by atoms with Gasteiger partial charge in [0.2, 0.25) is 5.91 Å². The van der Waals surface area contributed by atoms with Gasteiger partial charge in [-0.2, -0.15) is 0 Å². The van der Waals surface area contributed by atoms with Crippen LogP contribution in [0.5, 0.6) is 5.75 Å². The SMILES string of the molecule is C=CCCCC(=O)N[C@@H](Cc1cc(F)cc(F)c1)[C@@H](O)CN[C@H]1C[C@@H](OCC=C)c2ccc(OC(C)C)cc21. The van der Waals surface area contributed by atoms with Gasteiger partial charge in [0.15, 0.2) is 0 Å². The molecule has 0 aliphatic heterocycles. The number of rotatable bonds is 16. The Bertz CT molecular complexity index is 1100. The zero-order chi connectivity index (χ0) is 28.4. The predicted octanol–water partition coefficient (Wildman–Crippen LogP) is 5.47. The summed E-state index contributed by atoms with van der Waals surface area (Å²) in [6.45, 7) is 11.9. The molecule has 0 aromatic heterocycles. The van der Waals surface area contributed by atoms with Crippen LogP contribution < -0.4 is 15.4 Å². The van der Waals surface area contributed by atoms with E-state index in [0.29, 0.717) is 31.4 Å². The summed E-state index contributed by atoms with van der Waals surface area (Å²) in [5.41, 5.74) is 2.41. The fraction of sp³-hybridized carbons (Fsp3) is 0.452. The molecule has 2 aromatic carbocycles. The average Bonchev–Trinajstić information content (AvgIpc) is 3.21. The number of carbonyl (C=O) groups is 1. The van der Waals surface area contributed by atoms with Gasteiger partial charge in [-0.05, 0) is 80.5 Å². The Kier molecular flexibility index (Phi) is 11.7. The van der Waals surface area contributed by atoms with E-state index in [0.717, 1.165) is 22.9 Å². The van der Waals surface area contributed by atoms with Gasteiger partial charge in [0, 0.05) is 25.1 Å². The number of ether oxygens (including phenoxy) is 2. The van der Waals surface area contributed by atoms with E-state index in [1.165, 1.54) is 12.1 Å². The number of fused-ring (bicyclic) bond motifs is 1. The number of carbonyl (C=O) groups excluding carboxylic acids is 1. The number of unbranched alkanes of at least 4 members (excludes halogenated alkanes) is 1. The van der Waals surface area contributed by atoms with Crippen molar-refractivity contribution in [2.45, 2.75) is 76.3 Å². The minimum Gasteiger partial charge on any atom is -0.491 e. The number of hydrogen-bond acceptors (Lipinski definition) is 5. The van der Waals surface area contributed by atoms with E-state index in [1.807, 2.05) is 32.0 Å². The fourth-order valence-corrected chi connectivity index (χ4v) is 4.85. The average molecular weight is 543 g/mol. The molecule has 4 atom stereocenters. The molecule has 39 heavy (non-hydrogen) atoms. The summed E-state index contributed by atoms with van der Waals surface area (Å²) in [5.74, 6) is -0.905. The monoisotopic (exact) mass is 542 g/mol. The van der Waals surface area contributed by atoms with Crippen LogP contribution in [0.25, 0.3) is 0 Å². The van der Waals surface area contributed by atoms with Crippen molar-refractivity contribution in [3.05, 3.63) is 90.0 Å². The Morgan fingerprint density at radius 2 is 1.87 bits per heavy atom. The number of nitrogens with one attached hydrogen (secondary N) is 2. The summed E-state index contributed by atoms with van der Waals surface area (Å²) in [7, 11) is 0. The third-order valence-electron chi connectivity index (χ3n) is 6.59. The Balaban J connectivity index is 1.75. The summed E-state index contributed by atoms with van der Waals surface area (Å²) in [4.78, 5) is 12.6. The molecule has 0 saturated carbocycles. The number of aliphatic hydroxyl groups is 1. The van der Waals surface area contributed by atoms with Gasteiger partial charge < -0.3 is 25.2 Å². The quantitative estimate of drug-likeness (QED) is 0.194. The number of halogens is 2. The molecular weight excluding hydrogens is 502 g/mol. The van der Waals surface area contributed by atoms with Gasteiger partial charge in [-0.1, -0.05) is 18.2 Å². The highest BCUT2D eigenvalue weighted by Gasteiger charge is 2.33. The van der Waals surface area contributed by atoms with Crippen molar-refractivity contribution >= 4 is 5.91 Å². The molecule has 0 heterocycles. The molecule has 212 valence electrons. The normalized spacial score (nSPS) is 17.9. The van der Waals surface area contributed by atoms with Crippen molar-refractivity contribution < 1.29 is 28.2 Å². The van der Waals surface area contributed by atoms with Gasteiger partial charge in [-0.25, -0.2) is 8.78 Å². The van der Waals surface area contributed by atoms with Crippen molar-refractivity contribution in [1.29, 1.82) is 0 Å². The van der Waals surface area contributed by atoms with Crippen molar-refractivity contribution in [1.82, 2.24) is 10.6 Å². The number of hydrogen-bond donors (Lipinski definition) is 3. The van der Waals surface area contributed by atoms with Gasteiger partial charge in [0.05, 0.1) is 31.0 Å². The third kappa shape index (κ3) is 9.27. The maximum Gasteiger partial charge on any atom is 0.220 e. The highest BCUT2D eigenvalue weighted by molar-refractivity contribution is 5.76. The first kappa shape index (κ1) is 30.5. The van der Waals surface area contributed by atoms with Crippen LogP contribution in [-0.4, -0.2) is 42.4 Å². The zero-order valence-corrected chi connectivity index (χ0v) is 22.8. The van der Waals surface area contributed by atoms with E-state index in [-0.39, 0.29) is 43.5 Å². The molecule has 8 heteroatoms. The lowest BCUT2D eigenvalue weighted by atomic mass is 9.99. The molecule has 1 aliphatic carbocycles. The van der Waals surface area contributed by atoms with Gasteiger partial charge in [-0.15, -0.1) is 13.2 Å². The van der Waals surface area contributed by atoms with Gasteiger partial charge in [0.1, 0.15) is 17.4 Å². The molecule has 6 nitrogen and oxygen atoms in total. The topological polar surface area (TPSA) is 79.8 Å². The second-order valence-corrected chi connectivity index (χ2v) is 10.2. The fourth-order valence-electron chi connectivity index (χ4n) is 4.85. The van der Waals surface area contributed by atoms with Crippen LogP contribution in [0.4, 0.5) is 8.78 Å². The van der Waals surface area contributed by atoms with Gasteiger partial charge in [0.25, 0.3) is 0 Å². The number of allylic oxidation sites excluding steroid dienone is 1. The van der Waals surface area contributed by atoms with Crippen molar-refractivity contribution in [2.24, 2.45) is 0 Å². The smallest absolute Gasteiger partial charge is 0.220 e. The highest BCUT2D eigenvalue weighted by atomic mass is 19.1. The molecule has 3 rings (SSSR count). The van der Waals surface area contributed by atoms with E-state index in [2.05, 4.69) is 23.8 Å². The van der Waals surface area contributed by atoms with E-state index in [4.69, 9.17) is 9.47 Å². The summed E-state index contributed by atoms with van der Waals surface area (Å²) in [5, 5.41) is 17.4. The van der Waals surface area contributed by atoms with Crippen molar-refractivity contribution in [2.75, 3.05) is 13.2 Å². The lowest BCUT2D eigenvalue weighted by Gasteiger charge is -2.26. The first-order valence-corrected chi connectivity index (χ1v) is 13.5. The summed E-state index contributed by atoms with van der Waals surface area (Å²) in [6, 6.07) is 8.26. The van der Waals surface area contributed by atoms with E-state index in [9.17, 15) is 18.7 Å². The standard InChI is InChI=1S/C31H40F2N2O4/c1-5-7-8-9-31(37)35-28(15-21-13-22(32)16-23(33)14-21)29(36)19-34-27-18-30(38-12-6-2)25-11-10-24(17-26(25)27)39-20(3)4/h5-6,10-11,13-14,16-17,20,27-30,34,36H,1-2,7-9,12,15,18-19H2,3-4H3,(H,35,37)/t27-,28-,29-,30+/m0/s1. The maximum atomic E-state index is 13.8. The second-order valence-electron chi connectivity index (χ2n) is 10.2. The molecule has 0 bridgehead atoms. The Morgan fingerprint density at radius 1 is 1.13 bits per heavy atom. The largest absolute Gasteiger partial charge is 0.491 e. The van der Waals surface area contributed by atoms with Crippen molar-refractivity contribution in [3.63, 3.8) is 0 Å². The lowest BCUT2D eigenvalue weighted by Crippen LogP contribution is -2.49. The summed E-state index contributed by atoms with van der Waals surface area (Å²) >= 11 is 0. The highest BCUT2D eigenvalue weighted by Crippen LogP contribution is 2.42.